The van der Waals surface area contributed by atoms with Crippen molar-refractivity contribution in [2.45, 2.75) is 51.4 Å². The molecular formula is C19H24FN3O2S. The topological polar surface area (TPSA) is 57.0 Å². The highest BCUT2D eigenvalue weighted by molar-refractivity contribution is 7.99. The van der Waals surface area contributed by atoms with Crippen molar-refractivity contribution in [3.05, 3.63) is 30.1 Å². The lowest BCUT2D eigenvalue weighted by Crippen LogP contribution is -2.22. The lowest BCUT2D eigenvalue weighted by atomic mass is 9.92. The first-order chi connectivity index (χ1) is 12.3. The van der Waals surface area contributed by atoms with Crippen LogP contribution >= 0.6 is 11.8 Å². The summed E-state index contributed by atoms with van der Waals surface area (Å²) in [5.41, 5.74) is 0.414. The summed E-state index contributed by atoms with van der Waals surface area (Å²) in [5, 5.41) is 9.28. The van der Waals surface area contributed by atoms with Gasteiger partial charge in [-0.25, -0.2) is 4.39 Å². The van der Waals surface area contributed by atoms with Gasteiger partial charge in [0.05, 0.1) is 18.4 Å². The summed E-state index contributed by atoms with van der Waals surface area (Å²) in [5.74, 6) is 0.893. The number of benzene rings is 1. The van der Waals surface area contributed by atoms with Gasteiger partial charge in [0.1, 0.15) is 11.6 Å². The number of halogens is 1. The van der Waals surface area contributed by atoms with Crippen LogP contribution in [0.4, 0.5) is 4.39 Å². The molecule has 140 valence electrons. The number of rotatable bonds is 6. The summed E-state index contributed by atoms with van der Waals surface area (Å²) in [6.45, 7) is 7.14. The molecule has 0 radical (unpaired) electrons. The van der Waals surface area contributed by atoms with Crippen LogP contribution in [0.2, 0.25) is 0 Å². The van der Waals surface area contributed by atoms with Gasteiger partial charge in [-0.3, -0.25) is 9.36 Å². The predicted molar refractivity (Wildman–Crippen MR) is 99.6 cm³/mol. The zero-order valence-electron chi connectivity index (χ0n) is 15.4. The molecule has 1 fully saturated rings. The zero-order valence-corrected chi connectivity index (χ0v) is 16.2. The maximum atomic E-state index is 13.3. The summed E-state index contributed by atoms with van der Waals surface area (Å²) in [6, 6.07) is 6.22. The van der Waals surface area contributed by atoms with Crippen LogP contribution in [-0.4, -0.2) is 39.0 Å². The molecule has 0 aliphatic carbocycles. The van der Waals surface area contributed by atoms with Crippen LogP contribution in [0.1, 0.15) is 33.6 Å². The minimum atomic E-state index is -0.383. The van der Waals surface area contributed by atoms with E-state index in [1.807, 2.05) is 25.3 Å². The van der Waals surface area contributed by atoms with E-state index in [4.69, 9.17) is 4.74 Å². The Hall–Kier alpha value is -1.73. The number of Topliss-reactive ketones (excluding diaryl/α,β-unsaturated/α-hetero) is 1. The molecule has 0 N–H and O–H groups in total. The number of nitrogens with zero attached hydrogens (tertiary/aromatic N) is 3. The molecule has 1 aromatic heterocycles. The molecule has 1 atom stereocenters. The van der Waals surface area contributed by atoms with Crippen molar-refractivity contribution in [1.82, 2.24) is 14.8 Å². The summed E-state index contributed by atoms with van der Waals surface area (Å²) >= 11 is 1.39. The smallest absolute Gasteiger partial charge is 0.192 e. The van der Waals surface area contributed by atoms with Gasteiger partial charge in [-0.1, -0.05) is 32.5 Å². The molecule has 26 heavy (non-hydrogen) atoms. The Morgan fingerprint density at radius 1 is 1.31 bits per heavy atom. The summed E-state index contributed by atoms with van der Waals surface area (Å²) in [7, 11) is 0. The third-order valence-electron chi connectivity index (χ3n) is 4.40. The number of ether oxygens (including phenoxy) is 1. The van der Waals surface area contributed by atoms with E-state index >= 15 is 0 Å². The summed E-state index contributed by atoms with van der Waals surface area (Å²) in [6.07, 6.45) is 2.15. The number of carbonyl (C=O) groups is 1. The van der Waals surface area contributed by atoms with E-state index in [0.717, 1.165) is 25.0 Å². The van der Waals surface area contributed by atoms with Crippen molar-refractivity contribution < 1.29 is 13.9 Å². The Bertz CT molecular complexity index is 762. The van der Waals surface area contributed by atoms with E-state index in [0.29, 0.717) is 23.3 Å². The fraction of sp³-hybridized carbons (Fsp3) is 0.526. The number of thioether (sulfide) groups is 1. The first kappa shape index (κ1) is 19.0. The number of carbonyl (C=O) groups excluding carboxylic acids is 1. The van der Waals surface area contributed by atoms with Crippen molar-refractivity contribution in [3.63, 3.8) is 0 Å². The van der Waals surface area contributed by atoms with Crippen molar-refractivity contribution in [2.75, 3.05) is 12.4 Å². The molecule has 1 aliphatic rings. The van der Waals surface area contributed by atoms with Gasteiger partial charge < -0.3 is 4.74 Å². The number of aromatic nitrogens is 3. The van der Waals surface area contributed by atoms with Crippen LogP contribution in [0.25, 0.3) is 11.4 Å². The second kappa shape index (κ2) is 7.88. The lowest BCUT2D eigenvalue weighted by molar-refractivity contribution is -0.123. The molecule has 0 saturated carbocycles. The Balaban J connectivity index is 1.85. The Labute approximate surface area is 157 Å². The van der Waals surface area contributed by atoms with E-state index in [1.54, 1.807) is 12.1 Å². The highest BCUT2D eigenvalue weighted by Crippen LogP contribution is 2.28. The second-order valence-corrected chi connectivity index (χ2v) is 8.46. The van der Waals surface area contributed by atoms with Gasteiger partial charge in [-0.05, 0) is 37.1 Å². The minimum Gasteiger partial charge on any atom is -0.376 e. The standard InChI is InChI=1S/C19H24FN3O2S/c1-19(2,3)16(24)12-26-18-22-21-17(13-6-8-14(20)9-7-13)23(18)11-15-5-4-10-25-15/h6-9,15H,4-5,10-12H2,1-3H3. The molecule has 1 aromatic carbocycles. The van der Waals surface area contributed by atoms with Crippen molar-refractivity contribution in [1.29, 1.82) is 0 Å². The molecule has 1 aliphatic heterocycles. The van der Waals surface area contributed by atoms with E-state index in [-0.39, 0.29) is 23.1 Å². The number of hydrogen-bond acceptors (Lipinski definition) is 5. The molecule has 2 aromatic rings. The first-order valence-corrected chi connectivity index (χ1v) is 9.80. The van der Waals surface area contributed by atoms with Gasteiger partial charge in [0.2, 0.25) is 0 Å². The van der Waals surface area contributed by atoms with Gasteiger partial charge in [0, 0.05) is 17.6 Å². The van der Waals surface area contributed by atoms with Crippen LogP contribution in [0, 0.1) is 11.2 Å². The monoisotopic (exact) mass is 377 g/mol. The van der Waals surface area contributed by atoms with Crippen LogP contribution in [0.3, 0.4) is 0 Å². The third kappa shape index (κ3) is 4.51. The second-order valence-electron chi connectivity index (χ2n) is 7.52. The van der Waals surface area contributed by atoms with Crippen LogP contribution < -0.4 is 0 Å². The molecule has 2 heterocycles. The first-order valence-electron chi connectivity index (χ1n) is 8.81. The Morgan fingerprint density at radius 3 is 2.65 bits per heavy atom. The highest BCUT2D eigenvalue weighted by Gasteiger charge is 2.25. The Kier molecular flexibility index (Phi) is 5.77. The molecule has 7 heteroatoms. The highest BCUT2D eigenvalue weighted by atomic mass is 32.2. The third-order valence-corrected chi connectivity index (χ3v) is 5.37. The van der Waals surface area contributed by atoms with Crippen molar-refractivity contribution in [3.8, 4) is 11.4 Å². The van der Waals surface area contributed by atoms with Gasteiger partial charge in [-0.15, -0.1) is 10.2 Å². The number of hydrogen-bond donors (Lipinski definition) is 0. The van der Waals surface area contributed by atoms with E-state index in [2.05, 4.69) is 10.2 Å². The Morgan fingerprint density at radius 2 is 2.04 bits per heavy atom. The molecular weight excluding hydrogens is 353 g/mol. The van der Waals surface area contributed by atoms with Gasteiger partial charge in [0.25, 0.3) is 0 Å². The predicted octanol–water partition coefficient (Wildman–Crippen LogP) is 3.97. The summed E-state index contributed by atoms with van der Waals surface area (Å²) in [4.78, 5) is 12.3. The van der Waals surface area contributed by atoms with Crippen molar-refractivity contribution in [2.24, 2.45) is 5.41 Å². The molecule has 1 saturated heterocycles. The lowest BCUT2D eigenvalue weighted by Gasteiger charge is -2.17. The largest absolute Gasteiger partial charge is 0.376 e. The molecule has 0 amide bonds. The fourth-order valence-electron chi connectivity index (χ4n) is 2.71. The SMILES string of the molecule is CC(C)(C)C(=O)CSc1nnc(-c2ccc(F)cc2)n1CC1CCCO1. The molecule has 0 bridgehead atoms. The molecule has 0 spiro atoms. The van der Waals surface area contributed by atoms with E-state index in [1.165, 1.54) is 23.9 Å². The molecule has 3 rings (SSSR count). The number of ketones is 1. The molecule has 5 nitrogen and oxygen atoms in total. The van der Waals surface area contributed by atoms with Gasteiger partial charge in [0.15, 0.2) is 11.0 Å². The summed E-state index contributed by atoms with van der Waals surface area (Å²) < 4.78 is 21.0. The minimum absolute atomic E-state index is 0.114. The van der Waals surface area contributed by atoms with Crippen molar-refractivity contribution >= 4 is 17.5 Å². The average Bonchev–Trinajstić information content (AvgIpc) is 3.23. The quantitative estimate of drug-likeness (QED) is 0.713. The average molecular weight is 377 g/mol. The van der Waals surface area contributed by atoms with E-state index < -0.39 is 0 Å². The van der Waals surface area contributed by atoms with Gasteiger partial charge in [-0.2, -0.15) is 0 Å². The van der Waals surface area contributed by atoms with Crippen LogP contribution in [-0.2, 0) is 16.1 Å². The normalized spacial score (nSPS) is 17.6. The fourth-order valence-corrected chi connectivity index (χ4v) is 3.82. The maximum Gasteiger partial charge on any atom is 0.192 e. The van der Waals surface area contributed by atoms with Crippen LogP contribution in [0.5, 0.6) is 0 Å². The zero-order chi connectivity index (χ0) is 18.7. The van der Waals surface area contributed by atoms with Crippen LogP contribution in [0.15, 0.2) is 29.4 Å². The maximum absolute atomic E-state index is 13.3. The van der Waals surface area contributed by atoms with Gasteiger partial charge >= 0.3 is 0 Å². The van der Waals surface area contributed by atoms with E-state index in [9.17, 15) is 9.18 Å². The molecule has 1 unspecified atom stereocenters.